The Morgan fingerprint density at radius 1 is 1.12 bits per heavy atom. The lowest BCUT2D eigenvalue weighted by molar-refractivity contribution is 0.400. The normalized spacial score (nSPS) is 11.7. The monoisotopic (exact) mass is 498 g/mol. The summed E-state index contributed by atoms with van der Waals surface area (Å²) in [6.45, 7) is 7.31. The number of benzene rings is 2. The van der Waals surface area contributed by atoms with Gasteiger partial charge >= 0.3 is 0 Å². The van der Waals surface area contributed by atoms with Gasteiger partial charge in [-0.3, -0.25) is 14.6 Å². The summed E-state index contributed by atoms with van der Waals surface area (Å²) in [4.78, 5) is 12.8. The molecule has 0 aliphatic heterocycles. The lowest BCUT2D eigenvalue weighted by Gasteiger charge is -2.06. The van der Waals surface area contributed by atoms with Crippen LogP contribution < -0.4 is 10.3 Å². The number of aryl methyl sites for hydroxylation is 2. The van der Waals surface area contributed by atoms with Gasteiger partial charge in [-0.15, -0.1) is 5.11 Å². The van der Waals surface area contributed by atoms with E-state index in [0.29, 0.717) is 33.4 Å². The standard InChI is InChI=1S/C22H19ClN6O4S/c1-13-12-20(27-33-13)28-34(31,32)19-10-8-18(9-11-19)24-25-21-14(2)26-29(22(21)30)15(3)16-4-6-17(23)7-5-16/h4-12,26H,3H2,1-2H3,(H,27,28). The van der Waals surface area contributed by atoms with Crippen LogP contribution in [-0.4, -0.2) is 23.4 Å². The number of rotatable bonds is 7. The van der Waals surface area contributed by atoms with Gasteiger partial charge in [0.25, 0.3) is 15.6 Å². The van der Waals surface area contributed by atoms with Gasteiger partial charge in [0.2, 0.25) is 0 Å². The minimum Gasteiger partial charge on any atom is -0.360 e. The number of aromatic amines is 1. The molecule has 0 aliphatic rings. The fraction of sp³-hybridized carbons (Fsp3) is 0.0909. The fourth-order valence-electron chi connectivity index (χ4n) is 3.03. The Bertz CT molecular complexity index is 1550. The van der Waals surface area contributed by atoms with E-state index in [0.717, 1.165) is 0 Å². The molecule has 0 fully saturated rings. The highest BCUT2D eigenvalue weighted by Crippen LogP contribution is 2.23. The molecule has 34 heavy (non-hydrogen) atoms. The largest absolute Gasteiger partial charge is 0.360 e. The third kappa shape index (κ3) is 4.85. The van der Waals surface area contributed by atoms with Crippen molar-refractivity contribution in [1.29, 1.82) is 0 Å². The summed E-state index contributed by atoms with van der Waals surface area (Å²) in [5.41, 5.74) is 1.68. The number of nitrogens with one attached hydrogen (secondary N) is 2. The van der Waals surface area contributed by atoms with Crippen LogP contribution in [0.5, 0.6) is 0 Å². The fourth-order valence-corrected chi connectivity index (χ4v) is 4.14. The van der Waals surface area contributed by atoms with Crippen LogP contribution in [0.1, 0.15) is 17.0 Å². The molecule has 2 aromatic heterocycles. The third-order valence-electron chi connectivity index (χ3n) is 4.77. The maximum absolute atomic E-state index is 12.8. The van der Waals surface area contributed by atoms with E-state index in [1.165, 1.54) is 35.0 Å². The number of nitrogens with zero attached hydrogens (tertiary/aromatic N) is 4. The summed E-state index contributed by atoms with van der Waals surface area (Å²) in [5, 5.41) is 15.2. The van der Waals surface area contributed by atoms with E-state index in [1.807, 2.05) is 0 Å². The molecule has 0 amide bonds. The van der Waals surface area contributed by atoms with E-state index in [-0.39, 0.29) is 16.4 Å². The van der Waals surface area contributed by atoms with Crippen molar-refractivity contribution in [3.63, 3.8) is 0 Å². The molecule has 0 atom stereocenters. The second-order valence-electron chi connectivity index (χ2n) is 7.30. The van der Waals surface area contributed by atoms with Crippen molar-refractivity contribution < 1.29 is 12.9 Å². The highest BCUT2D eigenvalue weighted by atomic mass is 35.5. The second kappa shape index (κ2) is 9.12. The molecule has 10 nitrogen and oxygen atoms in total. The molecule has 0 saturated carbocycles. The predicted octanol–water partition coefficient (Wildman–Crippen LogP) is 5.17. The van der Waals surface area contributed by atoms with Crippen molar-refractivity contribution in [3.8, 4) is 0 Å². The van der Waals surface area contributed by atoms with Gasteiger partial charge in [0.15, 0.2) is 11.5 Å². The smallest absolute Gasteiger partial charge is 0.299 e. The van der Waals surface area contributed by atoms with Gasteiger partial charge in [-0.2, -0.15) is 5.11 Å². The predicted molar refractivity (Wildman–Crippen MR) is 128 cm³/mol. The van der Waals surface area contributed by atoms with Crippen LogP contribution in [0, 0.1) is 13.8 Å². The molecule has 2 aromatic carbocycles. The summed E-state index contributed by atoms with van der Waals surface area (Å²) in [6, 6.07) is 14.1. The quantitative estimate of drug-likeness (QED) is 0.339. The molecule has 0 saturated heterocycles. The maximum atomic E-state index is 12.8. The number of hydrogen-bond acceptors (Lipinski definition) is 7. The lowest BCUT2D eigenvalue weighted by atomic mass is 10.2. The Labute approximate surface area is 199 Å². The van der Waals surface area contributed by atoms with Crippen molar-refractivity contribution in [2.24, 2.45) is 10.2 Å². The summed E-state index contributed by atoms with van der Waals surface area (Å²) in [7, 11) is -3.85. The molecular weight excluding hydrogens is 480 g/mol. The minimum absolute atomic E-state index is 0.00606. The van der Waals surface area contributed by atoms with Crippen LogP contribution in [0.25, 0.3) is 5.70 Å². The third-order valence-corrected chi connectivity index (χ3v) is 6.39. The van der Waals surface area contributed by atoms with Gasteiger partial charge in [-0.05, 0) is 55.8 Å². The van der Waals surface area contributed by atoms with Gasteiger partial charge < -0.3 is 4.52 Å². The molecule has 174 valence electrons. The van der Waals surface area contributed by atoms with Gasteiger partial charge in [0, 0.05) is 11.1 Å². The second-order valence-corrected chi connectivity index (χ2v) is 9.42. The number of anilines is 1. The van der Waals surface area contributed by atoms with Gasteiger partial charge in [-0.25, -0.2) is 13.1 Å². The average molecular weight is 499 g/mol. The van der Waals surface area contributed by atoms with Crippen LogP contribution in [-0.2, 0) is 10.0 Å². The van der Waals surface area contributed by atoms with Crippen molar-refractivity contribution in [3.05, 3.63) is 93.6 Å². The first-order valence-electron chi connectivity index (χ1n) is 9.89. The number of sulfonamides is 1. The summed E-state index contributed by atoms with van der Waals surface area (Å²) < 4.78 is 33.4. The van der Waals surface area contributed by atoms with Crippen molar-refractivity contribution in [2.75, 3.05) is 4.72 Å². The van der Waals surface area contributed by atoms with Gasteiger partial charge in [0.05, 0.1) is 22.0 Å². The Hall–Kier alpha value is -3.96. The number of H-pyrrole nitrogens is 1. The van der Waals surface area contributed by atoms with Crippen LogP contribution >= 0.6 is 11.6 Å². The SMILES string of the molecule is C=C(c1ccc(Cl)cc1)n1[nH]c(C)c(N=Nc2ccc(S(=O)(=O)Nc3cc(C)on3)cc2)c1=O. The van der Waals surface area contributed by atoms with Crippen molar-refractivity contribution >= 4 is 44.5 Å². The first-order valence-corrected chi connectivity index (χ1v) is 11.7. The lowest BCUT2D eigenvalue weighted by Crippen LogP contribution is -2.15. The zero-order valence-electron chi connectivity index (χ0n) is 18.1. The summed E-state index contributed by atoms with van der Waals surface area (Å²) >= 11 is 5.92. The topological polar surface area (TPSA) is 135 Å². The first-order chi connectivity index (χ1) is 16.1. The molecule has 0 spiro atoms. The van der Waals surface area contributed by atoms with Gasteiger partial charge in [-0.1, -0.05) is 35.5 Å². The number of azo groups is 1. The van der Waals surface area contributed by atoms with Crippen molar-refractivity contribution in [2.45, 2.75) is 18.7 Å². The number of halogens is 1. The van der Waals surface area contributed by atoms with Crippen LogP contribution in [0.2, 0.25) is 5.02 Å². The highest BCUT2D eigenvalue weighted by Gasteiger charge is 2.17. The van der Waals surface area contributed by atoms with E-state index >= 15 is 0 Å². The van der Waals surface area contributed by atoms with E-state index in [1.54, 1.807) is 38.1 Å². The molecule has 0 radical (unpaired) electrons. The molecule has 12 heteroatoms. The molecule has 4 aromatic rings. The van der Waals surface area contributed by atoms with E-state index < -0.39 is 15.6 Å². The molecule has 2 N–H and O–H groups in total. The average Bonchev–Trinajstić information content (AvgIpc) is 3.33. The van der Waals surface area contributed by atoms with Crippen molar-refractivity contribution in [1.82, 2.24) is 14.9 Å². The number of hydrogen-bond donors (Lipinski definition) is 2. The van der Waals surface area contributed by atoms with E-state index in [9.17, 15) is 13.2 Å². The molecule has 4 rings (SSSR count). The minimum atomic E-state index is -3.85. The molecule has 2 heterocycles. The number of aromatic nitrogens is 3. The molecule has 0 unspecified atom stereocenters. The Kier molecular flexibility index (Phi) is 6.22. The first kappa shape index (κ1) is 23.2. The molecule has 0 bridgehead atoms. The Morgan fingerprint density at radius 2 is 1.79 bits per heavy atom. The van der Waals surface area contributed by atoms with Crippen LogP contribution in [0.3, 0.4) is 0 Å². The van der Waals surface area contributed by atoms with Crippen LogP contribution in [0.15, 0.2) is 85.6 Å². The Morgan fingerprint density at radius 3 is 2.41 bits per heavy atom. The maximum Gasteiger partial charge on any atom is 0.299 e. The summed E-state index contributed by atoms with van der Waals surface area (Å²) in [6.07, 6.45) is 0. The van der Waals surface area contributed by atoms with Crippen LogP contribution in [0.4, 0.5) is 17.2 Å². The molecule has 0 aliphatic carbocycles. The summed E-state index contributed by atoms with van der Waals surface area (Å²) in [5.74, 6) is 0.560. The zero-order chi connectivity index (χ0) is 24.5. The Balaban J connectivity index is 1.53. The molecular formula is C22H19ClN6O4S. The van der Waals surface area contributed by atoms with E-state index in [2.05, 4.69) is 31.8 Å². The zero-order valence-corrected chi connectivity index (χ0v) is 19.7. The van der Waals surface area contributed by atoms with Gasteiger partial charge in [0.1, 0.15) is 5.76 Å². The highest BCUT2D eigenvalue weighted by molar-refractivity contribution is 7.92. The van der Waals surface area contributed by atoms with E-state index in [4.69, 9.17) is 16.1 Å².